The van der Waals surface area contributed by atoms with Crippen molar-refractivity contribution in [1.82, 2.24) is 19.1 Å². The van der Waals surface area contributed by atoms with Gasteiger partial charge in [-0.3, -0.25) is 4.79 Å². The monoisotopic (exact) mass is 327 g/mol. The highest BCUT2D eigenvalue weighted by Gasteiger charge is 2.32. The van der Waals surface area contributed by atoms with Crippen LogP contribution in [0.4, 0.5) is 0 Å². The first-order valence-electron chi connectivity index (χ1n) is 7.64. The Morgan fingerprint density at radius 3 is 2.77 bits per heavy atom. The van der Waals surface area contributed by atoms with Crippen molar-refractivity contribution in [3.05, 3.63) is 12.2 Å². The Labute approximate surface area is 129 Å². The van der Waals surface area contributed by atoms with Gasteiger partial charge >= 0.3 is 0 Å². The average Bonchev–Trinajstić information content (AvgIpc) is 3.19. The number of hydrogen-bond acceptors (Lipinski definition) is 5. The molecule has 122 valence electrons. The third-order valence-corrected chi connectivity index (χ3v) is 6.21. The molecule has 1 atom stereocenters. The van der Waals surface area contributed by atoms with E-state index in [1.54, 1.807) is 8.99 Å². The van der Waals surface area contributed by atoms with Crippen molar-refractivity contribution in [1.29, 1.82) is 0 Å². The number of carbonyl (C=O) groups is 1. The zero-order valence-electron chi connectivity index (χ0n) is 12.4. The third-order valence-electron chi connectivity index (χ3n) is 4.34. The van der Waals surface area contributed by atoms with Gasteiger partial charge in [0.2, 0.25) is 15.8 Å². The fourth-order valence-electron chi connectivity index (χ4n) is 2.80. The standard InChI is InChI=1S/C13H21N5O3S/c14-12(19)13-15-9-18(16-13)11-2-1-6-17(8-11)22(20,21)7-5-10-3-4-10/h9-11H,1-8H2,(H2,14,19)/t11-/m1/s1. The van der Waals surface area contributed by atoms with Crippen LogP contribution in [0.25, 0.3) is 0 Å². The lowest BCUT2D eigenvalue weighted by Gasteiger charge is -2.31. The fourth-order valence-corrected chi connectivity index (χ4v) is 4.50. The van der Waals surface area contributed by atoms with Gasteiger partial charge in [-0.05, 0) is 25.2 Å². The molecule has 2 heterocycles. The third kappa shape index (κ3) is 3.46. The number of primary amides is 1. The van der Waals surface area contributed by atoms with Gasteiger partial charge in [-0.15, -0.1) is 5.10 Å². The zero-order chi connectivity index (χ0) is 15.7. The van der Waals surface area contributed by atoms with Gasteiger partial charge in [-0.25, -0.2) is 18.1 Å². The van der Waals surface area contributed by atoms with Crippen molar-refractivity contribution >= 4 is 15.9 Å². The molecule has 1 saturated heterocycles. The van der Waals surface area contributed by atoms with E-state index in [2.05, 4.69) is 10.1 Å². The molecular formula is C13H21N5O3S. The molecular weight excluding hydrogens is 306 g/mol. The summed E-state index contributed by atoms with van der Waals surface area (Å²) in [4.78, 5) is 14.9. The number of amides is 1. The number of piperidine rings is 1. The van der Waals surface area contributed by atoms with Crippen LogP contribution in [-0.2, 0) is 10.0 Å². The summed E-state index contributed by atoms with van der Waals surface area (Å²) in [5.41, 5.74) is 5.14. The van der Waals surface area contributed by atoms with Crippen LogP contribution in [0.5, 0.6) is 0 Å². The largest absolute Gasteiger partial charge is 0.363 e. The zero-order valence-corrected chi connectivity index (χ0v) is 13.2. The minimum atomic E-state index is -3.21. The molecule has 22 heavy (non-hydrogen) atoms. The Kier molecular flexibility index (Phi) is 4.18. The van der Waals surface area contributed by atoms with Crippen LogP contribution in [0, 0.1) is 5.92 Å². The van der Waals surface area contributed by atoms with Crippen LogP contribution >= 0.6 is 0 Å². The Morgan fingerprint density at radius 1 is 1.36 bits per heavy atom. The number of hydrogen-bond donors (Lipinski definition) is 1. The van der Waals surface area contributed by atoms with E-state index in [1.165, 1.54) is 6.33 Å². The SMILES string of the molecule is NC(=O)c1ncn([C@@H]2CCCN(S(=O)(=O)CCC3CC3)C2)n1. The lowest BCUT2D eigenvalue weighted by molar-refractivity contribution is 0.0989. The molecule has 1 amide bonds. The molecule has 0 unspecified atom stereocenters. The van der Waals surface area contributed by atoms with Crippen molar-refractivity contribution in [2.45, 2.75) is 38.1 Å². The molecule has 0 aromatic carbocycles. The van der Waals surface area contributed by atoms with Gasteiger partial charge in [0.05, 0.1) is 11.8 Å². The first-order valence-corrected chi connectivity index (χ1v) is 9.25. The van der Waals surface area contributed by atoms with E-state index in [9.17, 15) is 13.2 Å². The summed E-state index contributed by atoms with van der Waals surface area (Å²) < 4.78 is 27.9. The van der Waals surface area contributed by atoms with Crippen molar-refractivity contribution in [3.8, 4) is 0 Å². The molecule has 0 spiro atoms. The molecule has 9 heteroatoms. The Bertz CT molecular complexity index is 652. The summed E-state index contributed by atoms with van der Waals surface area (Å²) >= 11 is 0. The first kappa shape index (κ1) is 15.4. The van der Waals surface area contributed by atoms with E-state index in [0.717, 1.165) is 32.1 Å². The highest BCUT2D eigenvalue weighted by atomic mass is 32.2. The predicted molar refractivity (Wildman–Crippen MR) is 79.5 cm³/mol. The fraction of sp³-hybridized carbons (Fsp3) is 0.769. The highest BCUT2D eigenvalue weighted by molar-refractivity contribution is 7.89. The van der Waals surface area contributed by atoms with Crippen molar-refractivity contribution in [2.75, 3.05) is 18.8 Å². The van der Waals surface area contributed by atoms with Crippen LogP contribution in [0.15, 0.2) is 6.33 Å². The number of aromatic nitrogens is 3. The normalized spacial score (nSPS) is 23.5. The average molecular weight is 327 g/mol. The van der Waals surface area contributed by atoms with E-state index in [0.29, 0.717) is 19.0 Å². The van der Waals surface area contributed by atoms with Gasteiger partial charge in [-0.1, -0.05) is 12.8 Å². The lowest BCUT2D eigenvalue weighted by Crippen LogP contribution is -2.42. The Hall–Kier alpha value is -1.48. The van der Waals surface area contributed by atoms with E-state index in [4.69, 9.17) is 5.73 Å². The number of nitrogens with zero attached hydrogens (tertiary/aromatic N) is 4. The minimum Gasteiger partial charge on any atom is -0.363 e. The van der Waals surface area contributed by atoms with Crippen molar-refractivity contribution < 1.29 is 13.2 Å². The lowest BCUT2D eigenvalue weighted by atomic mass is 10.1. The van der Waals surface area contributed by atoms with E-state index >= 15 is 0 Å². The van der Waals surface area contributed by atoms with Gasteiger partial charge in [0, 0.05) is 13.1 Å². The maximum absolute atomic E-state index is 12.4. The van der Waals surface area contributed by atoms with Crippen LogP contribution in [-0.4, -0.2) is 52.2 Å². The number of carbonyl (C=O) groups excluding carboxylic acids is 1. The first-order chi connectivity index (χ1) is 10.5. The van der Waals surface area contributed by atoms with Gasteiger partial charge < -0.3 is 5.73 Å². The topological polar surface area (TPSA) is 111 Å². The van der Waals surface area contributed by atoms with Crippen molar-refractivity contribution in [3.63, 3.8) is 0 Å². The second-order valence-electron chi connectivity index (χ2n) is 6.11. The molecule has 3 rings (SSSR count). The van der Waals surface area contributed by atoms with Crippen LogP contribution in [0.2, 0.25) is 0 Å². The molecule has 0 radical (unpaired) electrons. The van der Waals surface area contributed by atoms with Gasteiger partial charge in [0.25, 0.3) is 5.91 Å². The van der Waals surface area contributed by atoms with Crippen LogP contribution < -0.4 is 5.73 Å². The molecule has 1 aliphatic heterocycles. The van der Waals surface area contributed by atoms with Gasteiger partial charge in [0.1, 0.15) is 6.33 Å². The Morgan fingerprint density at radius 2 is 2.14 bits per heavy atom. The van der Waals surface area contributed by atoms with Crippen LogP contribution in [0.1, 0.15) is 48.8 Å². The summed E-state index contributed by atoms with van der Waals surface area (Å²) in [7, 11) is -3.21. The quantitative estimate of drug-likeness (QED) is 0.799. The number of nitrogens with two attached hydrogens (primary N) is 1. The predicted octanol–water partition coefficient (Wildman–Crippen LogP) is 0.144. The minimum absolute atomic E-state index is 0.0336. The molecule has 8 nitrogen and oxygen atoms in total. The maximum Gasteiger partial charge on any atom is 0.288 e. The summed E-state index contributed by atoms with van der Waals surface area (Å²) in [6.45, 7) is 0.940. The molecule has 2 fully saturated rings. The van der Waals surface area contributed by atoms with Crippen LogP contribution in [0.3, 0.4) is 0 Å². The summed E-state index contributed by atoms with van der Waals surface area (Å²) in [5, 5.41) is 4.04. The summed E-state index contributed by atoms with van der Waals surface area (Å²) in [6, 6.07) is -0.0925. The smallest absolute Gasteiger partial charge is 0.288 e. The molecule has 1 aromatic rings. The second-order valence-corrected chi connectivity index (χ2v) is 8.20. The number of sulfonamides is 1. The maximum atomic E-state index is 12.4. The van der Waals surface area contributed by atoms with Gasteiger partial charge in [-0.2, -0.15) is 4.31 Å². The highest BCUT2D eigenvalue weighted by Crippen LogP contribution is 2.33. The summed E-state index contributed by atoms with van der Waals surface area (Å²) in [5.74, 6) is 0.120. The Balaban J connectivity index is 1.66. The van der Waals surface area contributed by atoms with E-state index in [-0.39, 0.29) is 17.6 Å². The summed E-state index contributed by atoms with van der Waals surface area (Å²) in [6.07, 6.45) is 6.12. The molecule has 2 aliphatic rings. The number of rotatable bonds is 6. The second kappa shape index (κ2) is 5.96. The molecule has 1 aromatic heterocycles. The van der Waals surface area contributed by atoms with Crippen molar-refractivity contribution in [2.24, 2.45) is 11.7 Å². The molecule has 0 bridgehead atoms. The van der Waals surface area contributed by atoms with E-state index in [1.807, 2.05) is 0 Å². The molecule has 1 saturated carbocycles. The molecule has 2 N–H and O–H groups in total. The van der Waals surface area contributed by atoms with Gasteiger partial charge in [0.15, 0.2) is 0 Å². The van der Waals surface area contributed by atoms with E-state index < -0.39 is 15.9 Å². The molecule has 1 aliphatic carbocycles.